The van der Waals surface area contributed by atoms with Gasteiger partial charge in [0, 0.05) is 17.2 Å². The van der Waals surface area contributed by atoms with Gasteiger partial charge in [-0.2, -0.15) is 0 Å². The van der Waals surface area contributed by atoms with Crippen molar-refractivity contribution in [2.75, 3.05) is 18.2 Å². The van der Waals surface area contributed by atoms with Crippen LogP contribution < -0.4 is 26.3 Å². The summed E-state index contributed by atoms with van der Waals surface area (Å²) < 4.78 is 11.2. The average Bonchev–Trinajstić information content (AvgIpc) is 2.74. The Bertz CT molecular complexity index is 1070. The van der Waals surface area contributed by atoms with E-state index in [1.165, 1.54) is 0 Å². The molecule has 3 aromatic carbocycles. The van der Waals surface area contributed by atoms with Gasteiger partial charge in [-0.3, -0.25) is 5.73 Å². The van der Waals surface area contributed by atoms with Gasteiger partial charge in [0.1, 0.15) is 18.1 Å². The van der Waals surface area contributed by atoms with Crippen molar-refractivity contribution in [1.82, 2.24) is 0 Å². The number of nitrogens with one attached hydrogen (secondary N) is 1. The van der Waals surface area contributed by atoms with Gasteiger partial charge < -0.3 is 20.5 Å². The third kappa shape index (κ3) is 3.60. The van der Waals surface area contributed by atoms with Crippen molar-refractivity contribution in [2.24, 2.45) is 10.7 Å². The lowest BCUT2D eigenvalue weighted by molar-refractivity contribution is 0.306. The first-order valence-corrected chi connectivity index (χ1v) is 9.43. The molecule has 0 fully saturated rings. The summed E-state index contributed by atoms with van der Waals surface area (Å²) in [5.41, 5.74) is 15.4. The number of fused-ring (bicyclic) bond motifs is 1. The van der Waals surface area contributed by atoms with E-state index in [1.54, 1.807) is 37.7 Å². The highest BCUT2D eigenvalue weighted by Gasteiger charge is 2.34. The van der Waals surface area contributed by atoms with Gasteiger partial charge in [-0.25, -0.2) is 4.99 Å². The number of hydrogen-bond donors (Lipinski definition) is 3. The minimum Gasteiger partial charge on any atom is -0.495 e. The molecule has 5 N–H and O–H groups in total. The van der Waals surface area contributed by atoms with E-state index in [1.807, 2.05) is 36.4 Å². The smallest absolute Gasteiger partial charge is 0.163 e. The maximum absolute atomic E-state index is 6.70. The largest absolute Gasteiger partial charge is 0.495 e. The first-order valence-electron chi connectivity index (χ1n) is 9.05. The number of halogens is 1. The van der Waals surface area contributed by atoms with Crippen molar-refractivity contribution in [1.29, 1.82) is 0 Å². The lowest BCUT2D eigenvalue weighted by Crippen LogP contribution is -2.39. The molecule has 0 aliphatic carbocycles. The number of nitrogen functional groups attached to an aromatic ring is 1. The predicted octanol–water partition coefficient (Wildman–Crippen LogP) is 4.12. The molecule has 29 heavy (non-hydrogen) atoms. The van der Waals surface area contributed by atoms with Crippen LogP contribution in [0.3, 0.4) is 0 Å². The summed E-state index contributed by atoms with van der Waals surface area (Å²) >= 11 is 6.49. The van der Waals surface area contributed by atoms with E-state index in [-0.39, 0.29) is 0 Å². The summed E-state index contributed by atoms with van der Waals surface area (Å²) in [4.78, 5) is 4.48. The normalized spacial score (nSPS) is 17.3. The molecular weight excluding hydrogens is 388 g/mol. The molecule has 6 nitrogen and oxygen atoms in total. The summed E-state index contributed by atoms with van der Waals surface area (Å²) in [5, 5.41) is 3.55. The molecule has 0 radical (unpaired) electrons. The van der Waals surface area contributed by atoms with Gasteiger partial charge in [0.25, 0.3) is 0 Å². The number of methoxy groups -OCH3 is 1. The number of rotatable bonds is 5. The molecule has 0 spiro atoms. The highest BCUT2D eigenvalue weighted by Crippen LogP contribution is 2.41. The van der Waals surface area contributed by atoms with Gasteiger partial charge in [0.15, 0.2) is 5.66 Å². The Labute approximate surface area is 174 Å². The van der Waals surface area contributed by atoms with Crippen molar-refractivity contribution in [3.05, 3.63) is 82.4 Å². The first kappa shape index (κ1) is 19.1. The Balaban J connectivity index is 1.65. The fraction of sp³-hybridized carbons (Fsp3) is 0.136. The molecule has 0 amide bonds. The molecule has 4 rings (SSSR count). The molecule has 0 saturated heterocycles. The highest BCUT2D eigenvalue weighted by atomic mass is 35.5. The summed E-state index contributed by atoms with van der Waals surface area (Å²) in [5.74, 6) is 1.15. The van der Waals surface area contributed by atoms with E-state index in [0.717, 1.165) is 22.4 Å². The fourth-order valence-electron chi connectivity index (χ4n) is 3.30. The Morgan fingerprint density at radius 2 is 1.86 bits per heavy atom. The van der Waals surface area contributed by atoms with Crippen molar-refractivity contribution in [3.63, 3.8) is 0 Å². The summed E-state index contributed by atoms with van der Waals surface area (Å²) in [7, 11) is 1.57. The summed E-state index contributed by atoms with van der Waals surface area (Å²) in [6.07, 6.45) is 1.56. The Kier molecular flexibility index (Phi) is 5.05. The standard InChI is InChI=1S/C22H21ClN4O2/c1-28-21-11-19-16(10-18(21)24)22(25,27-13-26-19)15-7-8-20(17(23)9-15)29-12-14-5-3-2-4-6-14/h2-11,13H,12,24-25H2,1H3,(H,26,27). The van der Waals surface area contributed by atoms with Crippen LogP contribution in [0.5, 0.6) is 11.5 Å². The molecule has 1 aliphatic rings. The number of anilines is 2. The van der Waals surface area contributed by atoms with Crippen molar-refractivity contribution >= 4 is 29.3 Å². The molecule has 1 unspecified atom stereocenters. The third-order valence-corrected chi connectivity index (χ3v) is 5.17. The van der Waals surface area contributed by atoms with Gasteiger partial charge >= 0.3 is 0 Å². The molecule has 0 aromatic heterocycles. The first-order chi connectivity index (χ1) is 14.0. The monoisotopic (exact) mass is 408 g/mol. The Morgan fingerprint density at radius 1 is 1.07 bits per heavy atom. The van der Waals surface area contributed by atoms with E-state index in [2.05, 4.69) is 10.3 Å². The van der Waals surface area contributed by atoms with Crippen LogP contribution in [0, 0.1) is 0 Å². The Morgan fingerprint density at radius 3 is 2.59 bits per heavy atom. The Hall–Kier alpha value is -3.22. The van der Waals surface area contributed by atoms with Crippen molar-refractivity contribution in [2.45, 2.75) is 12.3 Å². The van der Waals surface area contributed by atoms with Crippen molar-refractivity contribution in [3.8, 4) is 11.5 Å². The number of nitrogens with two attached hydrogens (primary N) is 2. The minimum atomic E-state index is -1.14. The van der Waals surface area contributed by atoms with E-state index in [0.29, 0.717) is 28.8 Å². The third-order valence-electron chi connectivity index (χ3n) is 4.88. The zero-order valence-electron chi connectivity index (χ0n) is 15.9. The van der Waals surface area contributed by atoms with Gasteiger partial charge in [-0.1, -0.05) is 48.0 Å². The second kappa shape index (κ2) is 7.66. The van der Waals surface area contributed by atoms with Gasteiger partial charge in [0.05, 0.1) is 29.8 Å². The van der Waals surface area contributed by atoms with Crippen LogP contribution in [0.4, 0.5) is 11.4 Å². The molecular formula is C22H21ClN4O2. The van der Waals surface area contributed by atoms with E-state index >= 15 is 0 Å². The van der Waals surface area contributed by atoms with Crippen LogP contribution in [0.25, 0.3) is 0 Å². The quantitative estimate of drug-likeness (QED) is 0.552. The molecule has 0 bridgehead atoms. The van der Waals surface area contributed by atoms with E-state index < -0.39 is 5.66 Å². The summed E-state index contributed by atoms with van der Waals surface area (Å²) in [6, 6.07) is 18.9. The van der Waals surface area contributed by atoms with Crippen LogP contribution in [-0.4, -0.2) is 13.4 Å². The van der Waals surface area contributed by atoms with E-state index in [4.69, 9.17) is 32.5 Å². The number of nitrogens with zero attached hydrogens (tertiary/aromatic N) is 1. The van der Waals surface area contributed by atoms with Crippen LogP contribution in [-0.2, 0) is 12.3 Å². The molecule has 7 heteroatoms. The highest BCUT2D eigenvalue weighted by molar-refractivity contribution is 6.32. The molecule has 148 valence electrons. The molecule has 1 aliphatic heterocycles. The molecule has 1 heterocycles. The number of benzene rings is 3. The SMILES string of the molecule is COc1cc2c(cc1N)C(N)(c1ccc(OCc3ccccc3)c(Cl)c1)N=CN2. The van der Waals surface area contributed by atoms with Crippen molar-refractivity contribution < 1.29 is 9.47 Å². The van der Waals surface area contributed by atoms with Crippen LogP contribution in [0.2, 0.25) is 5.02 Å². The lowest BCUT2D eigenvalue weighted by atomic mass is 9.89. The maximum atomic E-state index is 6.70. The van der Waals surface area contributed by atoms with Gasteiger partial charge in [0.2, 0.25) is 0 Å². The number of ether oxygens (including phenoxy) is 2. The second-order valence-electron chi connectivity index (χ2n) is 6.73. The zero-order valence-corrected chi connectivity index (χ0v) is 16.6. The minimum absolute atomic E-state index is 0.426. The predicted molar refractivity (Wildman–Crippen MR) is 117 cm³/mol. The average molecular weight is 409 g/mol. The molecule has 0 saturated carbocycles. The lowest BCUT2D eigenvalue weighted by Gasteiger charge is -2.32. The fourth-order valence-corrected chi connectivity index (χ4v) is 3.54. The molecule has 1 atom stereocenters. The van der Waals surface area contributed by atoms with Crippen LogP contribution >= 0.6 is 11.6 Å². The van der Waals surface area contributed by atoms with Crippen LogP contribution in [0.15, 0.2) is 65.7 Å². The number of aliphatic imine (C=N–C) groups is 1. The zero-order chi connectivity index (χ0) is 20.4. The topological polar surface area (TPSA) is 94.9 Å². The number of hydrogen-bond acceptors (Lipinski definition) is 6. The summed E-state index contributed by atoms with van der Waals surface area (Å²) in [6.45, 7) is 0.426. The second-order valence-corrected chi connectivity index (χ2v) is 7.14. The maximum Gasteiger partial charge on any atom is 0.163 e. The van der Waals surface area contributed by atoms with Gasteiger partial charge in [-0.05, 0) is 23.8 Å². The van der Waals surface area contributed by atoms with Crippen LogP contribution in [0.1, 0.15) is 16.7 Å². The van der Waals surface area contributed by atoms with E-state index in [9.17, 15) is 0 Å². The molecule has 3 aromatic rings. The van der Waals surface area contributed by atoms with Gasteiger partial charge in [-0.15, -0.1) is 0 Å².